The van der Waals surface area contributed by atoms with E-state index in [-0.39, 0.29) is 24.8 Å². The van der Waals surface area contributed by atoms with Crippen LogP contribution in [0.1, 0.15) is 12.8 Å². The zero-order valence-corrected chi connectivity index (χ0v) is 13.4. The van der Waals surface area contributed by atoms with Crippen molar-refractivity contribution in [2.75, 3.05) is 32.1 Å². The van der Waals surface area contributed by atoms with Crippen LogP contribution in [-0.2, 0) is 9.59 Å². The van der Waals surface area contributed by atoms with E-state index in [0.29, 0.717) is 13.0 Å². The van der Waals surface area contributed by atoms with Crippen LogP contribution in [0.3, 0.4) is 0 Å². The zero-order chi connectivity index (χ0) is 16.8. The Bertz CT molecular complexity index is 574. The maximum absolute atomic E-state index is 12.3. The minimum Gasteiger partial charge on any atom is -0.349 e. The van der Waals surface area contributed by atoms with Crippen LogP contribution in [0.2, 0.25) is 0 Å². The largest absolute Gasteiger partial charge is 0.349 e. The highest BCUT2D eigenvalue weighted by atomic mass is 16.2. The van der Waals surface area contributed by atoms with E-state index in [1.165, 1.54) is 4.90 Å². The van der Waals surface area contributed by atoms with Crippen molar-refractivity contribution in [1.29, 1.82) is 0 Å². The van der Waals surface area contributed by atoms with Crippen LogP contribution >= 0.6 is 0 Å². The fraction of sp³-hybridized carbons (Fsp3) is 0.438. The third-order valence-corrected chi connectivity index (χ3v) is 3.70. The highest BCUT2D eigenvalue weighted by molar-refractivity contribution is 6.01. The summed E-state index contributed by atoms with van der Waals surface area (Å²) in [5.74, 6) is -0.173. The van der Waals surface area contributed by atoms with Crippen molar-refractivity contribution in [1.82, 2.24) is 15.5 Å². The number of amides is 4. The van der Waals surface area contributed by atoms with Crippen molar-refractivity contribution in [3.05, 3.63) is 30.3 Å². The predicted octanol–water partition coefficient (Wildman–Crippen LogP) is 0.569. The fourth-order valence-corrected chi connectivity index (χ4v) is 2.39. The van der Waals surface area contributed by atoms with E-state index >= 15 is 0 Å². The van der Waals surface area contributed by atoms with Gasteiger partial charge in [0.15, 0.2) is 0 Å². The molecule has 1 aromatic rings. The first-order valence-electron chi connectivity index (χ1n) is 7.60. The summed E-state index contributed by atoms with van der Waals surface area (Å²) >= 11 is 0. The van der Waals surface area contributed by atoms with Crippen molar-refractivity contribution in [3.63, 3.8) is 0 Å². The van der Waals surface area contributed by atoms with Crippen LogP contribution in [0.5, 0.6) is 0 Å². The molecule has 2 N–H and O–H groups in total. The Morgan fingerprint density at radius 2 is 1.96 bits per heavy atom. The number of para-hydroxylation sites is 1. The van der Waals surface area contributed by atoms with E-state index in [9.17, 15) is 14.4 Å². The lowest BCUT2D eigenvalue weighted by atomic mass is 10.2. The van der Waals surface area contributed by atoms with Crippen molar-refractivity contribution >= 4 is 23.5 Å². The summed E-state index contributed by atoms with van der Waals surface area (Å²) in [5, 5.41) is 5.27. The highest BCUT2D eigenvalue weighted by Crippen LogP contribution is 2.20. The summed E-state index contributed by atoms with van der Waals surface area (Å²) in [6.07, 6.45) is 0.799. The number of urea groups is 1. The second-order valence-electron chi connectivity index (χ2n) is 5.61. The zero-order valence-electron chi connectivity index (χ0n) is 13.4. The molecule has 7 nitrogen and oxygen atoms in total. The van der Waals surface area contributed by atoms with Crippen molar-refractivity contribution in [2.24, 2.45) is 0 Å². The Labute approximate surface area is 135 Å². The van der Waals surface area contributed by atoms with E-state index < -0.39 is 12.1 Å². The molecule has 1 fully saturated rings. The molecule has 0 aromatic heterocycles. The standard InChI is InChI=1S/C16H22N4O3/c1-19(2)14(21)8-10-17-16(23)18-13-9-11-20(15(13)22)12-6-4-3-5-7-12/h3-7,13H,8-11H2,1-2H3,(H2,17,18,23)/t13-/m1/s1. The average molecular weight is 318 g/mol. The van der Waals surface area contributed by atoms with E-state index in [1.807, 2.05) is 30.3 Å². The molecule has 4 amide bonds. The Morgan fingerprint density at radius 1 is 1.26 bits per heavy atom. The summed E-state index contributed by atoms with van der Waals surface area (Å²) in [7, 11) is 3.33. The van der Waals surface area contributed by atoms with Gasteiger partial charge in [-0.15, -0.1) is 0 Å². The number of hydrogen-bond donors (Lipinski definition) is 2. The summed E-state index contributed by atoms with van der Waals surface area (Å²) in [6, 6.07) is 8.42. The van der Waals surface area contributed by atoms with Crippen molar-refractivity contribution in [2.45, 2.75) is 18.9 Å². The molecule has 0 bridgehead atoms. The molecular weight excluding hydrogens is 296 g/mol. The topological polar surface area (TPSA) is 81.8 Å². The molecule has 0 aliphatic carbocycles. The molecule has 2 rings (SSSR count). The number of carbonyl (C=O) groups is 3. The first-order chi connectivity index (χ1) is 11.0. The Hall–Kier alpha value is -2.57. The maximum Gasteiger partial charge on any atom is 0.315 e. The Kier molecular flexibility index (Phi) is 5.56. The number of anilines is 1. The van der Waals surface area contributed by atoms with Gasteiger partial charge in [0, 0.05) is 39.3 Å². The van der Waals surface area contributed by atoms with Gasteiger partial charge in [0.1, 0.15) is 6.04 Å². The van der Waals surface area contributed by atoms with Crippen LogP contribution in [0.15, 0.2) is 30.3 Å². The minimum absolute atomic E-state index is 0.0579. The second kappa shape index (κ2) is 7.62. The molecule has 1 aliphatic rings. The van der Waals surface area contributed by atoms with E-state index in [0.717, 1.165) is 5.69 Å². The van der Waals surface area contributed by atoms with E-state index in [2.05, 4.69) is 10.6 Å². The number of benzene rings is 1. The molecule has 0 spiro atoms. The third kappa shape index (κ3) is 4.45. The molecular formula is C16H22N4O3. The monoisotopic (exact) mass is 318 g/mol. The Morgan fingerprint density at radius 3 is 2.61 bits per heavy atom. The van der Waals surface area contributed by atoms with Crippen LogP contribution in [0.4, 0.5) is 10.5 Å². The number of hydrogen-bond acceptors (Lipinski definition) is 3. The molecule has 7 heteroatoms. The molecule has 23 heavy (non-hydrogen) atoms. The normalized spacial score (nSPS) is 17.0. The number of nitrogens with one attached hydrogen (secondary N) is 2. The molecule has 1 aromatic carbocycles. The Balaban J connectivity index is 1.79. The van der Waals surface area contributed by atoms with Crippen LogP contribution in [0.25, 0.3) is 0 Å². The fourth-order valence-electron chi connectivity index (χ4n) is 2.39. The molecule has 1 atom stereocenters. The molecule has 0 unspecified atom stereocenters. The van der Waals surface area contributed by atoms with Crippen LogP contribution in [-0.4, -0.2) is 56.0 Å². The molecule has 124 valence electrons. The summed E-state index contributed by atoms with van der Waals surface area (Å²) in [6.45, 7) is 0.819. The van der Waals surface area contributed by atoms with Gasteiger partial charge in [-0.25, -0.2) is 4.79 Å². The molecule has 1 aliphatic heterocycles. The summed E-state index contributed by atoms with van der Waals surface area (Å²) < 4.78 is 0. The minimum atomic E-state index is -0.528. The predicted molar refractivity (Wildman–Crippen MR) is 87.0 cm³/mol. The van der Waals surface area contributed by atoms with E-state index in [1.54, 1.807) is 19.0 Å². The molecule has 0 saturated carbocycles. The molecule has 1 heterocycles. The van der Waals surface area contributed by atoms with Gasteiger partial charge in [-0.2, -0.15) is 0 Å². The molecule has 1 saturated heterocycles. The van der Waals surface area contributed by atoms with Crippen LogP contribution in [0, 0.1) is 0 Å². The van der Waals surface area contributed by atoms with Gasteiger partial charge < -0.3 is 20.4 Å². The first-order valence-corrected chi connectivity index (χ1v) is 7.60. The lowest BCUT2D eigenvalue weighted by molar-refractivity contribution is -0.128. The van der Waals surface area contributed by atoms with Gasteiger partial charge >= 0.3 is 6.03 Å². The third-order valence-electron chi connectivity index (χ3n) is 3.70. The summed E-state index contributed by atoms with van der Waals surface area (Å²) in [5.41, 5.74) is 0.832. The smallest absolute Gasteiger partial charge is 0.315 e. The van der Waals surface area contributed by atoms with Crippen molar-refractivity contribution in [3.8, 4) is 0 Å². The SMILES string of the molecule is CN(C)C(=O)CCNC(=O)N[C@@H]1CCN(c2ccccc2)C1=O. The maximum atomic E-state index is 12.3. The van der Waals surface area contributed by atoms with Gasteiger partial charge in [0.2, 0.25) is 11.8 Å². The number of carbonyl (C=O) groups excluding carboxylic acids is 3. The van der Waals surface area contributed by atoms with Gasteiger partial charge in [0.05, 0.1) is 0 Å². The lowest BCUT2D eigenvalue weighted by Crippen LogP contribution is -2.46. The number of nitrogens with zero attached hydrogens (tertiary/aromatic N) is 2. The second-order valence-corrected chi connectivity index (χ2v) is 5.61. The van der Waals surface area contributed by atoms with Crippen LogP contribution < -0.4 is 15.5 Å². The van der Waals surface area contributed by atoms with Gasteiger partial charge in [-0.1, -0.05) is 18.2 Å². The quantitative estimate of drug-likeness (QED) is 0.833. The molecule has 0 radical (unpaired) electrons. The number of rotatable bonds is 5. The van der Waals surface area contributed by atoms with E-state index in [4.69, 9.17) is 0 Å². The average Bonchev–Trinajstić information content (AvgIpc) is 2.89. The van der Waals surface area contributed by atoms with Crippen molar-refractivity contribution < 1.29 is 14.4 Å². The lowest BCUT2D eigenvalue weighted by Gasteiger charge is -2.17. The first kappa shape index (κ1) is 16.8. The van der Waals surface area contributed by atoms with Gasteiger partial charge in [-0.05, 0) is 18.6 Å². The van der Waals surface area contributed by atoms with Gasteiger partial charge in [0.25, 0.3) is 0 Å². The van der Waals surface area contributed by atoms with Gasteiger partial charge in [-0.3, -0.25) is 9.59 Å². The highest BCUT2D eigenvalue weighted by Gasteiger charge is 2.33. The summed E-state index contributed by atoms with van der Waals surface area (Å²) in [4.78, 5) is 38.7.